The molecule has 3 rings (SSSR count). The Hall–Kier alpha value is -2.56. The molecule has 2 aromatic carbocycles. The predicted molar refractivity (Wildman–Crippen MR) is 131 cm³/mol. The number of piperidine rings is 1. The molecule has 0 radical (unpaired) electrons. The van der Waals surface area contributed by atoms with Crippen molar-refractivity contribution in [2.24, 2.45) is 5.92 Å². The van der Waals surface area contributed by atoms with Gasteiger partial charge in [-0.3, -0.25) is 4.57 Å². The molecule has 1 aliphatic rings. The summed E-state index contributed by atoms with van der Waals surface area (Å²) in [4.78, 5) is 13.8. The van der Waals surface area contributed by atoms with Crippen LogP contribution in [-0.4, -0.2) is 30.7 Å². The van der Waals surface area contributed by atoms with Gasteiger partial charge in [-0.15, -0.1) is 0 Å². The van der Waals surface area contributed by atoms with E-state index in [4.69, 9.17) is 14.0 Å². The van der Waals surface area contributed by atoms with E-state index in [2.05, 4.69) is 12.6 Å². The largest absolute Gasteiger partial charge is 0.489 e. The van der Waals surface area contributed by atoms with Crippen LogP contribution in [0.5, 0.6) is 5.75 Å². The van der Waals surface area contributed by atoms with Crippen molar-refractivity contribution in [3.8, 4) is 5.75 Å². The Balaban J connectivity index is 1.51. The zero-order chi connectivity index (χ0) is 23.6. The molecule has 178 valence electrons. The molecule has 33 heavy (non-hydrogen) atoms. The predicted octanol–water partition coefficient (Wildman–Crippen LogP) is 6.20. The lowest BCUT2D eigenvalue weighted by atomic mass is 9.90. The van der Waals surface area contributed by atoms with Gasteiger partial charge in [-0.05, 0) is 61.8 Å². The van der Waals surface area contributed by atoms with Gasteiger partial charge >= 0.3 is 6.09 Å². The van der Waals surface area contributed by atoms with Crippen LogP contribution in [0, 0.1) is 5.92 Å². The molecule has 2 aromatic rings. The molecule has 0 aliphatic carbocycles. The molecule has 0 saturated carbocycles. The highest BCUT2D eigenvalue weighted by Crippen LogP contribution is 2.29. The standard InChI is InChI=1S/C26H34NO5P/c1-4-31-33(29)19-23-11-9-22(10-12-23)18-30-25-8-6-5-7-24(25)17-21-13-15-27(16-14-21)26(28)32-20(2)3/h5-12,21,33H,2,4,13-19H2,1,3H3. The van der Waals surface area contributed by atoms with E-state index in [9.17, 15) is 9.36 Å². The Morgan fingerprint density at radius 3 is 2.42 bits per heavy atom. The highest BCUT2D eigenvalue weighted by Gasteiger charge is 2.24. The number of carbonyl (C=O) groups is 1. The van der Waals surface area contributed by atoms with Crippen molar-refractivity contribution < 1.29 is 23.4 Å². The van der Waals surface area contributed by atoms with Crippen LogP contribution in [0.1, 0.15) is 43.4 Å². The highest BCUT2D eigenvalue weighted by atomic mass is 31.1. The van der Waals surface area contributed by atoms with Crippen LogP contribution in [0.25, 0.3) is 0 Å². The Kier molecular flexibility index (Phi) is 9.59. The van der Waals surface area contributed by atoms with E-state index >= 15 is 0 Å². The van der Waals surface area contributed by atoms with E-state index in [0.29, 0.717) is 44.1 Å². The Morgan fingerprint density at radius 1 is 1.09 bits per heavy atom. The normalized spacial score (nSPS) is 15.2. The summed E-state index contributed by atoms with van der Waals surface area (Å²) in [5, 5.41) is 0. The first-order valence-electron chi connectivity index (χ1n) is 11.5. The summed E-state index contributed by atoms with van der Waals surface area (Å²) in [7, 11) is -2.01. The molecule has 0 N–H and O–H groups in total. The van der Waals surface area contributed by atoms with Gasteiger partial charge in [0, 0.05) is 19.3 Å². The fourth-order valence-corrected chi connectivity index (χ4v) is 4.94. The Labute approximate surface area is 197 Å². The lowest BCUT2D eigenvalue weighted by molar-refractivity contribution is 0.110. The summed E-state index contributed by atoms with van der Waals surface area (Å²) < 4.78 is 28.3. The first-order chi connectivity index (χ1) is 15.9. The maximum Gasteiger partial charge on any atom is 0.414 e. The van der Waals surface area contributed by atoms with Gasteiger partial charge in [-0.25, -0.2) is 4.79 Å². The van der Waals surface area contributed by atoms with Crippen LogP contribution < -0.4 is 4.74 Å². The van der Waals surface area contributed by atoms with E-state index < -0.39 is 8.03 Å². The van der Waals surface area contributed by atoms with Gasteiger partial charge < -0.3 is 18.9 Å². The summed E-state index contributed by atoms with van der Waals surface area (Å²) in [6.45, 7) is 9.51. The monoisotopic (exact) mass is 471 g/mol. The highest BCUT2D eigenvalue weighted by molar-refractivity contribution is 7.38. The third-order valence-electron chi connectivity index (χ3n) is 5.69. The summed E-state index contributed by atoms with van der Waals surface area (Å²) in [5.74, 6) is 1.81. The molecular weight excluding hydrogens is 437 g/mol. The molecular formula is C26H34NO5P. The van der Waals surface area contributed by atoms with E-state index in [1.807, 2.05) is 49.4 Å². The Bertz CT molecular complexity index is 951. The van der Waals surface area contributed by atoms with Crippen molar-refractivity contribution in [2.45, 2.75) is 45.9 Å². The quantitative estimate of drug-likeness (QED) is 0.305. The fraction of sp³-hybridized carbons (Fsp3) is 0.423. The van der Waals surface area contributed by atoms with Crippen LogP contribution in [0.15, 0.2) is 60.9 Å². The van der Waals surface area contributed by atoms with Gasteiger partial charge in [0.25, 0.3) is 0 Å². The summed E-state index contributed by atoms with van der Waals surface area (Å²) in [6, 6.07) is 16.2. The number of rotatable bonds is 10. The lowest BCUT2D eigenvalue weighted by Gasteiger charge is -2.31. The van der Waals surface area contributed by atoms with Gasteiger partial charge in [0.15, 0.2) is 8.03 Å². The van der Waals surface area contributed by atoms with Crippen molar-refractivity contribution in [1.82, 2.24) is 4.90 Å². The first kappa shape index (κ1) is 25.1. The second-order valence-electron chi connectivity index (χ2n) is 8.40. The number of benzene rings is 2. The zero-order valence-corrected chi connectivity index (χ0v) is 20.5. The van der Waals surface area contributed by atoms with Crippen LogP contribution in [0.3, 0.4) is 0 Å². The van der Waals surface area contributed by atoms with Crippen molar-refractivity contribution in [3.05, 3.63) is 77.6 Å². The zero-order valence-electron chi connectivity index (χ0n) is 19.5. The molecule has 1 atom stereocenters. The van der Waals surface area contributed by atoms with Crippen molar-refractivity contribution in [2.75, 3.05) is 19.7 Å². The molecule has 6 nitrogen and oxygen atoms in total. The SMILES string of the molecule is C=C(C)OC(=O)N1CCC(Cc2ccccc2OCc2ccc(C[PH](=O)OCC)cc2)CC1. The summed E-state index contributed by atoms with van der Waals surface area (Å²) in [5.41, 5.74) is 3.26. The maximum atomic E-state index is 12.1. The number of allylic oxidation sites excluding steroid dienone is 1. The van der Waals surface area contributed by atoms with Gasteiger partial charge in [0.05, 0.1) is 12.4 Å². The molecule has 1 heterocycles. The lowest BCUT2D eigenvalue weighted by Crippen LogP contribution is -2.39. The molecule has 1 aliphatic heterocycles. The molecule has 7 heteroatoms. The number of ether oxygens (including phenoxy) is 2. The number of carbonyl (C=O) groups excluding carboxylic acids is 1. The minimum absolute atomic E-state index is 0.305. The van der Waals surface area contributed by atoms with E-state index in [0.717, 1.165) is 36.1 Å². The van der Waals surface area contributed by atoms with Crippen molar-refractivity contribution in [1.29, 1.82) is 0 Å². The van der Waals surface area contributed by atoms with Crippen molar-refractivity contribution >= 4 is 14.1 Å². The minimum atomic E-state index is -2.01. The van der Waals surface area contributed by atoms with Crippen LogP contribution in [-0.2, 0) is 33.0 Å². The Morgan fingerprint density at radius 2 is 1.76 bits per heavy atom. The maximum absolute atomic E-state index is 12.1. The van der Waals surface area contributed by atoms with Gasteiger partial charge in [0.2, 0.25) is 0 Å². The van der Waals surface area contributed by atoms with E-state index in [1.165, 1.54) is 5.56 Å². The molecule has 1 saturated heterocycles. The summed E-state index contributed by atoms with van der Waals surface area (Å²) in [6.07, 6.45) is 2.95. The second-order valence-corrected chi connectivity index (χ2v) is 9.79. The molecule has 1 unspecified atom stereocenters. The van der Waals surface area contributed by atoms with Crippen molar-refractivity contribution in [3.63, 3.8) is 0 Å². The van der Waals surface area contributed by atoms with Gasteiger partial charge in [-0.2, -0.15) is 0 Å². The van der Waals surface area contributed by atoms with E-state index in [-0.39, 0.29) is 6.09 Å². The molecule has 0 spiro atoms. The average Bonchev–Trinajstić information content (AvgIpc) is 2.79. The van der Waals surface area contributed by atoms with Crippen LogP contribution in [0.4, 0.5) is 4.79 Å². The van der Waals surface area contributed by atoms with Gasteiger partial charge in [-0.1, -0.05) is 49.0 Å². The summed E-state index contributed by atoms with van der Waals surface area (Å²) >= 11 is 0. The molecule has 0 aromatic heterocycles. The molecule has 1 amide bonds. The van der Waals surface area contributed by atoms with E-state index in [1.54, 1.807) is 11.8 Å². The smallest absolute Gasteiger partial charge is 0.414 e. The second kappa shape index (κ2) is 12.6. The molecule has 1 fully saturated rings. The number of hydrogen-bond acceptors (Lipinski definition) is 5. The van der Waals surface area contributed by atoms with Crippen LogP contribution in [0.2, 0.25) is 0 Å². The number of hydrogen-bond donors (Lipinski definition) is 0. The topological polar surface area (TPSA) is 65.1 Å². The average molecular weight is 472 g/mol. The number of para-hydroxylation sites is 1. The van der Waals surface area contributed by atoms with Crippen LogP contribution >= 0.6 is 8.03 Å². The van der Waals surface area contributed by atoms with Gasteiger partial charge in [0.1, 0.15) is 12.4 Å². The third kappa shape index (κ3) is 8.06. The fourth-order valence-electron chi connectivity index (χ4n) is 3.95. The third-order valence-corrected chi connectivity index (χ3v) is 6.99. The minimum Gasteiger partial charge on any atom is -0.489 e. The number of nitrogens with zero attached hydrogens (tertiary/aromatic N) is 1. The number of likely N-dealkylation sites (tertiary alicyclic amines) is 1. The first-order valence-corrected chi connectivity index (χ1v) is 13.0. The number of amides is 1. The molecule has 0 bridgehead atoms.